The third kappa shape index (κ3) is 3.51. The Morgan fingerprint density at radius 3 is 2.75 bits per heavy atom. The number of esters is 1. The molecule has 0 bridgehead atoms. The Hall–Kier alpha value is -1.55. The zero-order chi connectivity index (χ0) is 14.4. The van der Waals surface area contributed by atoms with Crippen molar-refractivity contribution in [3.05, 3.63) is 30.3 Å². The van der Waals surface area contributed by atoms with Crippen molar-refractivity contribution in [1.29, 1.82) is 0 Å². The molecule has 20 heavy (non-hydrogen) atoms. The molecule has 1 aromatic carbocycles. The van der Waals surface area contributed by atoms with E-state index in [1.54, 1.807) is 0 Å². The van der Waals surface area contributed by atoms with Gasteiger partial charge in [0.1, 0.15) is 6.04 Å². The SMILES string of the molecule is CCCCO[C@@H]1C[C@@H](C(=O)OC)N(c2ccccc2)C1. The first-order chi connectivity index (χ1) is 9.76. The summed E-state index contributed by atoms with van der Waals surface area (Å²) in [5.41, 5.74) is 1.05. The van der Waals surface area contributed by atoms with E-state index in [9.17, 15) is 4.79 Å². The van der Waals surface area contributed by atoms with Crippen molar-refractivity contribution in [2.24, 2.45) is 0 Å². The minimum atomic E-state index is -0.242. The van der Waals surface area contributed by atoms with Gasteiger partial charge in [-0.15, -0.1) is 0 Å². The number of methoxy groups -OCH3 is 1. The molecule has 0 aliphatic carbocycles. The number of unbranched alkanes of at least 4 members (excludes halogenated alkanes) is 1. The number of anilines is 1. The normalized spacial score (nSPS) is 22.0. The summed E-state index contributed by atoms with van der Waals surface area (Å²) in [7, 11) is 1.44. The van der Waals surface area contributed by atoms with Gasteiger partial charge in [-0.3, -0.25) is 0 Å². The first kappa shape index (κ1) is 14.9. The van der Waals surface area contributed by atoms with E-state index >= 15 is 0 Å². The monoisotopic (exact) mass is 277 g/mol. The number of rotatable bonds is 6. The van der Waals surface area contributed by atoms with E-state index in [1.807, 2.05) is 30.3 Å². The summed E-state index contributed by atoms with van der Waals surface area (Å²) >= 11 is 0. The van der Waals surface area contributed by atoms with Crippen LogP contribution in [0.25, 0.3) is 0 Å². The van der Waals surface area contributed by atoms with E-state index in [0.717, 1.165) is 31.7 Å². The smallest absolute Gasteiger partial charge is 0.328 e. The van der Waals surface area contributed by atoms with Crippen LogP contribution in [0.4, 0.5) is 5.69 Å². The van der Waals surface area contributed by atoms with Crippen molar-refractivity contribution in [3.8, 4) is 0 Å². The number of hydrogen-bond donors (Lipinski definition) is 0. The summed E-state index contributed by atoms with van der Waals surface area (Å²) in [4.78, 5) is 14.0. The largest absolute Gasteiger partial charge is 0.467 e. The number of carbonyl (C=O) groups excluding carboxylic acids is 1. The highest BCUT2D eigenvalue weighted by atomic mass is 16.5. The molecule has 0 saturated carbocycles. The molecule has 0 spiro atoms. The van der Waals surface area contributed by atoms with Gasteiger partial charge in [0.15, 0.2) is 0 Å². The van der Waals surface area contributed by atoms with Gasteiger partial charge in [0.25, 0.3) is 0 Å². The average molecular weight is 277 g/mol. The summed E-state index contributed by atoms with van der Waals surface area (Å²) in [5.74, 6) is -0.185. The van der Waals surface area contributed by atoms with Gasteiger partial charge in [-0.05, 0) is 18.6 Å². The van der Waals surface area contributed by atoms with Crippen molar-refractivity contribution in [3.63, 3.8) is 0 Å². The minimum absolute atomic E-state index is 0.103. The molecule has 2 atom stereocenters. The van der Waals surface area contributed by atoms with Gasteiger partial charge in [-0.2, -0.15) is 0 Å². The van der Waals surface area contributed by atoms with Gasteiger partial charge in [0.2, 0.25) is 0 Å². The fourth-order valence-corrected chi connectivity index (χ4v) is 2.58. The Labute approximate surface area is 120 Å². The summed E-state index contributed by atoms with van der Waals surface area (Å²) in [6.07, 6.45) is 2.98. The molecule has 110 valence electrons. The summed E-state index contributed by atoms with van der Waals surface area (Å²) < 4.78 is 10.8. The highest BCUT2D eigenvalue weighted by molar-refractivity contribution is 5.81. The first-order valence-corrected chi connectivity index (χ1v) is 7.27. The standard InChI is InChI=1S/C16H23NO3/c1-3-4-10-20-14-11-15(16(18)19-2)17(12-14)13-8-6-5-7-9-13/h5-9,14-15H,3-4,10-12H2,1-2H3/t14-,15+/m1/s1. The zero-order valence-electron chi connectivity index (χ0n) is 12.2. The predicted molar refractivity (Wildman–Crippen MR) is 78.9 cm³/mol. The van der Waals surface area contributed by atoms with Gasteiger partial charge in [0.05, 0.1) is 13.2 Å². The van der Waals surface area contributed by atoms with E-state index in [1.165, 1.54) is 7.11 Å². The highest BCUT2D eigenvalue weighted by Gasteiger charge is 2.38. The van der Waals surface area contributed by atoms with Crippen molar-refractivity contribution < 1.29 is 14.3 Å². The van der Waals surface area contributed by atoms with Crippen LogP contribution in [-0.2, 0) is 14.3 Å². The summed E-state index contributed by atoms with van der Waals surface area (Å²) in [6.45, 7) is 3.65. The predicted octanol–water partition coefficient (Wildman–Crippen LogP) is 2.62. The molecule has 1 aromatic rings. The molecule has 1 fully saturated rings. The Morgan fingerprint density at radius 1 is 1.35 bits per heavy atom. The van der Waals surface area contributed by atoms with Crippen LogP contribution in [0.15, 0.2) is 30.3 Å². The van der Waals surface area contributed by atoms with Crippen molar-refractivity contribution in [2.75, 3.05) is 25.2 Å². The van der Waals surface area contributed by atoms with Gasteiger partial charge < -0.3 is 14.4 Å². The molecular formula is C16H23NO3. The van der Waals surface area contributed by atoms with E-state index in [-0.39, 0.29) is 18.1 Å². The Balaban J connectivity index is 2.05. The summed E-state index contributed by atoms with van der Waals surface area (Å²) in [6, 6.07) is 9.73. The maximum absolute atomic E-state index is 12.0. The molecular weight excluding hydrogens is 254 g/mol. The summed E-state index contributed by atoms with van der Waals surface area (Å²) in [5, 5.41) is 0. The van der Waals surface area contributed by atoms with Crippen LogP contribution in [0.5, 0.6) is 0 Å². The third-order valence-corrected chi connectivity index (χ3v) is 3.68. The van der Waals surface area contributed by atoms with Crippen molar-refractivity contribution in [1.82, 2.24) is 0 Å². The van der Waals surface area contributed by atoms with E-state index in [0.29, 0.717) is 6.42 Å². The Kier molecular flexibility index (Phi) is 5.41. The minimum Gasteiger partial charge on any atom is -0.467 e. The number of carbonyl (C=O) groups is 1. The van der Waals surface area contributed by atoms with Crippen LogP contribution >= 0.6 is 0 Å². The van der Waals surface area contributed by atoms with E-state index in [4.69, 9.17) is 9.47 Å². The molecule has 0 N–H and O–H groups in total. The molecule has 0 aromatic heterocycles. The van der Waals surface area contributed by atoms with Gasteiger partial charge in [-0.25, -0.2) is 4.79 Å². The molecule has 2 rings (SSSR count). The van der Waals surface area contributed by atoms with Crippen LogP contribution in [0, 0.1) is 0 Å². The average Bonchev–Trinajstić information content (AvgIpc) is 2.92. The van der Waals surface area contributed by atoms with Gasteiger partial charge in [0, 0.05) is 25.3 Å². The number of nitrogens with zero attached hydrogens (tertiary/aromatic N) is 1. The fourth-order valence-electron chi connectivity index (χ4n) is 2.58. The molecule has 0 amide bonds. The fraction of sp³-hybridized carbons (Fsp3) is 0.562. The number of para-hydroxylation sites is 1. The number of ether oxygens (including phenoxy) is 2. The second-order valence-corrected chi connectivity index (χ2v) is 5.11. The third-order valence-electron chi connectivity index (χ3n) is 3.68. The van der Waals surface area contributed by atoms with Gasteiger partial charge >= 0.3 is 5.97 Å². The molecule has 0 radical (unpaired) electrons. The second kappa shape index (κ2) is 7.29. The van der Waals surface area contributed by atoms with Crippen molar-refractivity contribution in [2.45, 2.75) is 38.3 Å². The maximum atomic E-state index is 12.0. The molecule has 1 aliphatic rings. The van der Waals surface area contributed by atoms with Crippen LogP contribution in [0.3, 0.4) is 0 Å². The Morgan fingerprint density at radius 2 is 2.10 bits per heavy atom. The quantitative estimate of drug-likeness (QED) is 0.592. The van der Waals surface area contributed by atoms with Gasteiger partial charge in [-0.1, -0.05) is 31.5 Å². The second-order valence-electron chi connectivity index (χ2n) is 5.11. The van der Waals surface area contributed by atoms with Crippen LogP contribution in [-0.4, -0.2) is 38.4 Å². The lowest BCUT2D eigenvalue weighted by molar-refractivity contribution is -0.142. The highest BCUT2D eigenvalue weighted by Crippen LogP contribution is 2.27. The Bertz CT molecular complexity index is 421. The molecule has 1 saturated heterocycles. The topological polar surface area (TPSA) is 38.8 Å². The lowest BCUT2D eigenvalue weighted by atomic mass is 10.2. The van der Waals surface area contributed by atoms with Crippen LogP contribution in [0.1, 0.15) is 26.2 Å². The number of benzene rings is 1. The van der Waals surface area contributed by atoms with E-state index < -0.39 is 0 Å². The molecule has 4 heteroatoms. The van der Waals surface area contributed by atoms with Crippen molar-refractivity contribution >= 4 is 11.7 Å². The molecule has 4 nitrogen and oxygen atoms in total. The zero-order valence-corrected chi connectivity index (χ0v) is 12.2. The molecule has 1 aliphatic heterocycles. The molecule has 1 heterocycles. The lowest BCUT2D eigenvalue weighted by Gasteiger charge is -2.24. The van der Waals surface area contributed by atoms with E-state index in [2.05, 4.69) is 11.8 Å². The lowest BCUT2D eigenvalue weighted by Crippen LogP contribution is -2.36. The maximum Gasteiger partial charge on any atom is 0.328 e. The molecule has 0 unspecified atom stereocenters. The first-order valence-electron chi connectivity index (χ1n) is 7.27. The van der Waals surface area contributed by atoms with Crippen LogP contribution in [0.2, 0.25) is 0 Å². The number of hydrogen-bond acceptors (Lipinski definition) is 4. The van der Waals surface area contributed by atoms with Crippen LogP contribution < -0.4 is 4.90 Å².